The minimum absolute atomic E-state index is 0.101. The Kier molecular flexibility index (Phi) is 8.15. The maximum Gasteiger partial charge on any atom is 0.244 e. The summed E-state index contributed by atoms with van der Waals surface area (Å²) in [4.78, 5) is 11.1. The molecule has 7 nitrogen and oxygen atoms in total. The first-order valence-corrected chi connectivity index (χ1v) is 9.08. The number of nitrogens with one attached hydrogen (secondary N) is 1. The van der Waals surface area contributed by atoms with E-state index >= 15 is 0 Å². The molecule has 1 amide bonds. The average Bonchev–Trinajstić information content (AvgIpc) is 2.79. The number of ether oxygens (including phenoxy) is 4. The SMILES string of the molecule is C=C(c1ccc(OC)c(C#CCCC(=O)NO)c1)c1cc(OC)c(OC)c(OC)c1. The Morgan fingerprint density at radius 3 is 2.13 bits per heavy atom. The van der Waals surface area contributed by atoms with Crippen LogP contribution in [0, 0.1) is 11.8 Å². The van der Waals surface area contributed by atoms with E-state index in [1.807, 2.05) is 30.3 Å². The van der Waals surface area contributed by atoms with E-state index in [1.54, 1.807) is 33.9 Å². The van der Waals surface area contributed by atoms with Crippen molar-refractivity contribution in [2.75, 3.05) is 28.4 Å². The molecule has 0 saturated heterocycles. The average molecular weight is 411 g/mol. The fraction of sp³-hybridized carbons (Fsp3) is 0.261. The van der Waals surface area contributed by atoms with Gasteiger partial charge in [0.2, 0.25) is 11.7 Å². The molecule has 0 atom stereocenters. The Labute approximate surface area is 176 Å². The minimum Gasteiger partial charge on any atom is -0.495 e. The van der Waals surface area contributed by atoms with Crippen molar-refractivity contribution in [2.45, 2.75) is 12.8 Å². The Bertz CT molecular complexity index is 962. The van der Waals surface area contributed by atoms with Gasteiger partial charge in [0.1, 0.15) is 5.75 Å². The number of rotatable bonds is 8. The summed E-state index contributed by atoms with van der Waals surface area (Å²) in [5, 5.41) is 8.54. The topological polar surface area (TPSA) is 86.3 Å². The lowest BCUT2D eigenvalue weighted by Gasteiger charge is -2.16. The van der Waals surface area contributed by atoms with Crippen molar-refractivity contribution in [2.24, 2.45) is 0 Å². The Morgan fingerprint density at radius 2 is 1.60 bits per heavy atom. The third kappa shape index (κ3) is 5.25. The predicted molar refractivity (Wildman–Crippen MR) is 113 cm³/mol. The highest BCUT2D eigenvalue weighted by Crippen LogP contribution is 2.41. The fourth-order valence-electron chi connectivity index (χ4n) is 2.81. The molecule has 0 unspecified atom stereocenters. The molecule has 0 aliphatic heterocycles. The maximum atomic E-state index is 11.1. The Morgan fingerprint density at radius 1 is 0.967 bits per heavy atom. The van der Waals surface area contributed by atoms with Crippen molar-refractivity contribution >= 4 is 11.5 Å². The molecular formula is C23H25NO6. The van der Waals surface area contributed by atoms with Crippen LogP contribution in [0.4, 0.5) is 0 Å². The van der Waals surface area contributed by atoms with Gasteiger partial charge in [-0.2, -0.15) is 0 Å². The highest BCUT2D eigenvalue weighted by molar-refractivity contribution is 5.81. The van der Waals surface area contributed by atoms with E-state index < -0.39 is 5.91 Å². The van der Waals surface area contributed by atoms with Gasteiger partial charge in [-0.05, 0) is 41.0 Å². The highest BCUT2D eigenvalue weighted by Gasteiger charge is 2.16. The quantitative estimate of drug-likeness (QED) is 0.393. The van der Waals surface area contributed by atoms with E-state index in [4.69, 9.17) is 24.2 Å². The van der Waals surface area contributed by atoms with Crippen LogP contribution in [0.15, 0.2) is 36.9 Å². The summed E-state index contributed by atoms with van der Waals surface area (Å²) in [5.74, 6) is 7.61. The molecule has 0 bridgehead atoms. The van der Waals surface area contributed by atoms with Gasteiger partial charge in [0.05, 0.1) is 34.0 Å². The standard InChI is InChI=1S/C23H25NO6/c1-15(18-13-20(28-3)23(30-5)21(14-18)29-4)16-10-11-19(27-2)17(12-16)8-6-7-9-22(25)24-26/h10-14,26H,1,7,9H2,2-5H3,(H,24,25). The summed E-state index contributed by atoms with van der Waals surface area (Å²) in [6.07, 6.45) is 0.400. The molecule has 158 valence electrons. The minimum atomic E-state index is -0.485. The predicted octanol–water partition coefficient (Wildman–Crippen LogP) is 3.42. The van der Waals surface area contributed by atoms with E-state index in [0.717, 1.165) is 16.7 Å². The third-order valence-corrected chi connectivity index (χ3v) is 4.39. The molecule has 0 fully saturated rings. The van der Waals surface area contributed by atoms with Crippen LogP contribution in [0.5, 0.6) is 23.0 Å². The van der Waals surface area contributed by atoms with E-state index in [9.17, 15) is 4.79 Å². The van der Waals surface area contributed by atoms with Gasteiger partial charge in [-0.15, -0.1) is 0 Å². The lowest BCUT2D eigenvalue weighted by atomic mass is 9.97. The number of hydrogen-bond donors (Lipinski definition) is 2. The zero-order valence-electron chi connectivity index (χ0n) is 17.5. The summed E-state index contributed by atoms with van der Waals surface area (Å²) >= 11 is 0. The van der Waals surface area contributed by atoms with Crippen molar-refractivity contribution < 1.29 is 28.9 Å². The Hall–Kier alpha value is -3.63. The van der Waals surface area contributed by atoms with Crippen molar-refractivity contribution in [3.8, 4) is 34.8 Å². The van der Waals surface area contributed by atoms with Gasteiger partial charge < -0.3 is 18.9 Å². The molecule has 0 spiro atoms. The zero-order chi connectivity index (χ0) is 22.1. The third-order valence-electron chi connectivity index (χ3n) is 4.39. The van der Waals surface area contributed by atoms with Crippen molar-refractivity contribution in [3.63, 3.8) is 0 Å². The molecule has 0 aromatic heterocycles. The second-order valence-corrected chi connectivity index (χ2v) is 6.14. The van der Waals surface area contributed by atoms with E-state index in [0.29, 0.717) is 35.0 Å². The molecule has 0 radical (unpaired) electrons. The molecule has 7 heteroatoms. The molecule has 2 rings (SSSR count). The van der Waals surface area contributed by atoms with Gasteiger partial charge in [0, 0.05) is 12.8 Å². The Balaban J connectivity index is 2.39. The molecule has 2 aromatic rings. The largest absolute Gasteiger partial charge is 0.495 e. The van der Waals surface area contributed by atoms with Crippen LogP contribution >= 0.6 is 0 Å². The first kappa shape index (κ1) is 22.7. The normalized spacial score (nSPS) is 9.77. The van der Waals surface area contributed by atoms with Gasteiger partial charge >= 0.3 is 0 Å². The van der Waals surface area contributed by atoms with Crippen molar-refractivity contribution in [1.29, 1.82) is 0 Å². The summed E-state index contributed by atoms with van der Waals surface area (Å²) in [6.45, 7) is 4.21. The zero-order valence-corrected chi connectivity index (χ0v) is 17.5. The first-order valence-electron chi connectivity index (χ1n) is 9.08. The molecule has 0 aliphatic carbocycles. The monoisotopic (exact) mass is 411 g/mol. The second kappa shape index (κ2) is 10.8. The van der Waals surface area contributed by atoms with Gasteiger partial charge in [-0.3, -0.25) is 10.0 Å². The number of benzene rings is 2. The highest BCUT2D eigenvalue weighted by atomic mass is 16.5. The van der Waals surface area contributed by atoms with Crippen LogP contribution in [0.25, 0.3) is 5.57 Å². The molecule has 2 aromatic carbocycles. The number of hydroxylamine groups is 1. The van der Waals surface area contributed by atoms with Crippen molar-refractivity contribution in [1.82, 2.24) is 5.48 Å². The van der Waals surface area contributed by atoms with E-state index in [1.165, 1.54) is 0 Å². The van der Waals surface area contributed by atoms with E-state index in [-0.39, 0.29) is 6.42 Å². The number of methoxy groups -OCH3 is 4. The van der Waals surface area contributed by atoms with Gasteiger partial charge in [-0.25, -0.2) is 5.48 Å². The van der Waals surface area contributed by atoms with Gasteiger partial charge in [0.15, 0.2) is 11.5 Å². The lowest BCUT2D eigenvalue weighted by Crippen LogP contribution is -2.17. The molecule has 0 aliphatic rings. The summed E-state index contributed by atoms with van der Waals surface area (Å²) in [7, 11) is 6.23. The fourth-order valence-corrected chi connectivity index (χ4v) is 2.81. The van der Waals surface area contributed by atoms with Crippen LogP contribution in [-0.2, 0) is 4.79 Å². The number of amides is 1. The number of hydrogen-bond acceptors (Lipinski definition) is 6. The van der Waals surface area contributed by atoms with Gasteiger partial charge in [-0.1, -0.05) is 24.5 Å². The van der Waals surface area contributed by atoms with E-state index in [2.05, 4.69) is 18.4 Å². The van der Waals surface area contributed by atoms with Crippen LogP contribution in [0.1, 0.15) is 29.5 Å². The number of carbonyl (C=O) groups excluding carboxylic acids is 1. The van der Waals surface area contributed by atoms with Crippen LogP contribution in [0.2, 0.25) is 0 Å². The van der Waals surface area contributed by atoms with Gasteiger partial charge in [0.25, 0.3) is 0 Å². The molecule has 30 heavy (non-hydrogen) atoms. The first-order chi connectivity index (χ1) is 14.5. The smallest absolute Gasteiger partial charge is 0.244 e. The lowest BCUT2D eigenvalue weighted by molar-refractivity contribution is -0.129. The summed E-state index contributed by atoms with van der Waals surface area (Å²) < 4.78 is 21.6. The van der Waals surface area contributed by atoms with Crippen LogP contribution in [-0.4, -0.2) is 39.6 Å². The second-order valence-electron chi connectivity index (χ2n) is 6.14. The van der Waals surface area contributed by atoms with Crippen LogP contribution < -0.4 is 24.4 Å². The molecule has 0 saturated carbocycles. The molecular weight excluding hydrogens is 386 g/mol. The summed E-state index contributed by atoms with van der Waals surface area (Å²) in [6, 6.07) is 9.21. The van der Waals surface area contributed by atoms with Crippen molar-refractivity contribution in [3.05, 3.63) is 53.6 Å². The maximum absolute atomic E-state index is 11.1. The van der Waals surface area contributed by atoms with Crippen LogP contribution in [0.3, 0.4) is 0 Å². The molecule has 0 heterocycles. The summed E-state index contributed by atoms with van der Waals surface area (Å²) in [5.41, 5.74) is 4.61. The number of carbonyl (C=O) groups is 1. The molecule has 2 N–H and O–H groups in total.